The zero-order valence-corrected chi connectivity index (χ0v) is 11.0. The smallest absolute Gasteiger partial charge is 0.358 e. The summed E-state index contributed by atoms with van der Waals surface area (Å²) >= 11 is 1.60. The molecule has 0 N–H and O–H groups in total. The maximum absolute atomic E-state index is 12.0. The molecule has 1 aromatic carbocycles. The number of hydrogen-bond acceptors (Lipinski definition) is 5. The summed E-state index contributed by atoms with van der Waals surface area (Å²) in [5.74, 6) is -0.392. The number of carbonyl (C=O) groups excluding carboxylic acids is 1. The van der Waals surface area contributed by atoms with Crippen molar-refractivity contribution in [1.82, 2.24) is 9.78 Å². The van der Waals surface area contributed by atoms with E-state index in [0.29, 0.717) is 5.56 Å². The number of benzene rings is 1. The van der Waals surface area contributed by atoms with Crippen molar-refractivity contribution in [3.05, 3.63) is 52.2 Å². The van der Waals surface area contributed by atoms with Crippen molar-refractivity contribution in [2.75, 3.05) is 6.26 Å². The molecule has 0 radical (unpaired) electrons. The lowest BCUT2D eigenvalue weighted by Crippen LogP contribution is -2.11. The second-order valence-corrected chi connectivity index (χ2v) is 4.66. The first kappa shape index (κ1) is 13.3. The average Bonchev–Trinajstić information content (AvgIpc) is 2.87. The summed E-state index contributed by atoms with van der Waals surface area (Å²) in [6.45, 7) is -0.00749. The van der Waals surface area contributed by atoms with Gasteiger partial charge in [-0.1, -0.05) is 12.1 Å². The van der Waals surface area contributed by atoms with Crippen molar-refractivity contribution in [2.24, 2.45) is 0 Å². The third-order valence-corrected chi connectivity index (χ3v) is 3.27. The van der Waals surface area contributed by atoms with Crippen LogP contribution in [0.25, 0.3) is 0 Å². The summed E-state index contributed by atoms with van der Waals surface area (Å²) < 4.78 is 1.27. The van der Waals surface area contributed by atoms with Crippen molar-refractivity contribution in [2.45, 2.75) is 11.4 Å². The van der Waals surface area contributed by atoms with E-state index in [1.807, 2.05) is 18.4 Å². The normalized spacial score (nSPS) is 10.4. The molecule has 2 rings (SSSR count). The number of nitro groups is 1. The lowest BCUT2D eigenvalue weighted by atomic mass is 10.1. The van der Waals surface area contributed by atoms with Gasteiger partial charge < -0.3 is 10.1 Å². The van der Waals surface area contributed by atoms with E-state index in [1.165, 1.54) is 16.9 Å². The first-order chi connectivity index (χ1) is 9.10. The van der Waals surface area contributed by atoms with E-state index in [1.54, 1.807) is 23.9 Å². The number of Topliss-reactive ketones (excluding diaryl/α,β-unsaturated/α-hetero) is 1. The molecule has 0 spiro atoms. The van der Waals surface area contributed by atoms with Crippen LogP contribution in [0.4, 0.5) is 5.82 Å². The quantitative estimate of drug-likeness (QED) is 0.363. The molecule has 19 heavy (non-hydrogen) atoms. The summed E-state index contributed by atoms with van der Waals surface area (Å²) in [4.78, 5) is 22.9. The van der Waals surface area contributed by atoms with Crippen LogP contribution >= 0.6 is 11.8 Å². The van der Waals surface area contributed by atoms with E-state index >= 15 is 0 Å². The number of aromatic nitrogens is 2. The average molecular weight is 277 g/mol. The van der Waals surface area contributed by atoms with E-state index in [4.69, 9.17) is 0 Å². The number of nitrogens with zero attached hydrogens (tertiary/aromatic N) is 3. The van der Waals surface area contributed by atoms with Gasteiger partial charge in [0, 0.05) is 10.5 Å². The minimum Gasteiger partial charge on any atom is -0.358 e. The third-order valence-electron chi connectivity index (χ3n) is 2.53. The van der Waals surface area contributed by atoms with Crippen molar-refractivity contribution < 1.29 is 9.72 Å². The molecule has 0 unspecified atom stereocenters. The molecule has 1 heterocycles. The van der Waals surface area contributed by atoms with Crippen LogP contribution < -0.4 is 0 Å². The van der Waals surface area contributed by atoms with E-state index < -0.39 is 4.92 Å². The standard InChI is InChI=1S/C12H11N3O3S/c1-19-10-4-2-9(3-5-10)11(16)8-14-7-6-12(13-14)15(17)18/h2-7H,8H2,1H3. The van der Waals surface area contributed by atoms with Gasteiger partial charge in [-0.25, -0.2) is 0 Å². The zero-order chi connectivity index (χ0) is 13.8. The number of rotatable bonds is 5. The predicted octanol–water partition coefficient (Wildman–Crippen LogP) is 2.40. The molecular weight excluding hydrogens is 266 g/mol. The van der Waals surface area contributed by atoms with E-state index in [0.717, 1.165) is 4.90 Å². The Balaban J connectivity index is 2.08. The fraction of sp³-hybridized carbons (Fsp3) is 0.167. The Bertz CT molecular complexity index is 607. The highest BCUT2D eigenvalue weighted by atomic mass is 32.2. The first-order valence-corrected chi connectivity index (χ1v) is 6.67. The second kappa shape index (κ2) is 5.66. The van der Waals surface area contributed by atoms with Crippen LogP contribution in [-0.2, 0) is 6.54 Å². The number of thioether (sulfide) groups is 1. The number of hydrogen-bond donors (Lipinski definition) is 0. The van der Waals surface area contributed by atoms with Crippen molar-refractivity contribution in [3.8, 4) is 0 Å². The molecule has 0 aliphatic rings. The lowest BCUT2D eigenvalue weighted by Gasteiger charge is -2.00. The highest BCUT2D eigenvalue weighted by Gasteiger charge is 2.14. The minimum absolute atomic E-state index is 0.00749. The van der Waals surface area contributed by atoms with Gasteiger partial charge in [0.2, 0.25) is 0 Å². The fourth-order valence-electron chi connectivity index (χ4n) is 1.55. The van der Waals surface area contributed by atoms with Crippen LogP contribution in [0, 0.1) is 10.1 Å². The number of carbonyl (C=O) groups is 1. The Morgan fingerprint density at radius 2 is 2.05 bits per heavy atom. The van der Waals surface area contributed by atoms with Gasteiger partial charge in [-0.15, -0.1) is 11.8 Å². The molecule has 0 saturated carbocycles. The molecule has 1 aromatic heterocycles. The van der Waals surface area contributed by atoms with Crippen molar-refractivity contribution in [1.29, 1.82) is 0 Å². The Hall–Kier alpha value is -2.15. The second-order valence-electron chi connectivity index (χ2n) is 3.78. The Kier molecular flexibility index (Phi) is 3.96. The molecule has 0 amide bonds. The molecule has 6 nitrogen and oxygen atoms in total. The summed E-state index contributed by atoms with van der Waals surface area (Å²) in [6, 6.07) is 8.48. The van der Waals surface area contributed by atoms with Crippen LogP contribution in [0.5, 0.6) is 0 Å². The lowest BCUT2D eigenvalue weighted by molar-refractivity contribution is -0.389. The van der Waals surface area contributed by atoms with E-state index in [9.17, 15) is 14.9 Å². The molecule has 0 atom stereocenters. The van der Waals surface area contributed by atoms with Crippen LogP contribution in [0.2, 0.25) is 0 Å². The van der Waals surface area contributed by atoms with Gasteiger partial charge in [0.1, 0.15) is 6.54 Å². The van der Waals surface area contributed by atoms with Crippen LogP contribution in [0.1, 0.15) is 10.4 Å². The van der Waals surface area contributed by atoms with Gasteiger partial charge in [-0.2, -0.15) is 4.68 Å². The summed E-state index contributed by atoms with van der Waals surface area (Å²) in [5, 5.41) is 14.2. The highest BCUT2D eigenvalue weighted by Crippen LogP contribution is 2.15. The van der Waals surface area contributed by atoms with Crippen LogP contribution in [0.3, 0.4) is 0 Å². The largest absolute Gasteiger partial charge is 0.389 e. The topological polar surface area (TPSA) is 78.0 Å². The predicted molar refractivity (Wildman–Crippen MR) is 71.4 cm³/mol. The minimum atomic E-state index is -0.589. The first-order valence-electron chi connectivity index (χ1n) is 5.45. The molecule has 0 aliphatic heterocycles. The van der Waals surface area contributed by atoms with Gasteiger partial charge in [-0.05, 0) is 23.3 Å². The fourth-order valence-corrected chi connectivity index (χ4v) is 1.96. The molecule has 7 heteroatoms. The van der Waals surface area contributed by atoms with Gasteiger partial charge in [0.25, 0.3) is 0 Å². The Labute approximate surface area is 113 Å². The van der Waals surface area contributed by atoms with Crippen molar-refractivity contribution in [3.63, 3.8) is 0 Å². The van der Waals surface area contributed by atoms with Gasteiger partial charge in [0.15, 0.2) is 5.78 Å². The van der Waals surface area contributed by atoms with Gasteiger partial charge in [0.05, 0.1) is 17.4 Å². The molecule has 0 aliphatic carbocycles. The molecule has 0 bridgehead atoms. The van der Waals surface area contributed by atoms with Gasteiger partial charge >= 0.3 is 5.82 Å². The van der Waals surface area contributed by atoms with Crippen LogP contribution in [-0.4, -0.2) is 26.7 Å². The third kappa shape index (κ3) is 3.19. The summed E-state index contributed by atoms with van der Waals surface area (Å²) in [6.07, 6.45) is 3.38. The maximum Gasteiger partial charge on any atom is 0.389 e. The summed E-state index contributed by atoms with van der Waals surface area (Å²) in [7, 11) is 0. The van der Waals surface area contributed by atoms with Crippen LogP contribution in [0.15, 0.2) is 41.4 Å². The highest BCUT2D eigenvalue weighted by molar-refractivity contribution is 7.98. The zero-order valence-electron chi connectivity index (χ0n) is 10.1. The Morgan fingerprint density at radius 3 is 2.58 bits per heavy atom. The monoisotopic (exact) mass is 277 g/mol. The molecule has 0 saturated heterocycles. The molecular formula is C12H11N3O3S. The number of ketones is 1. The maximum atomic E-state index is 12.0. The van der Waals surface area contributed by atoms with Gasteiger partial charge in [-0.3, -0.25) is 4.79 Å². The summed E-state index contributed by atoms with van der Waals surface area (Å²) in [5.41, 5.74) is 0.566. The Morgan fingerprint density at radius 1 is 1.37 bits per heavy atom. The SMILES string of the molecule is CSc1ccc(C(=O)Cn2ccc([N+](=O)[O-])n2)cc1. The molecule has 98 valence electrons. The van der Waals surface area contributed by atoms with Crippen molar-refractivity contribution >= 4 is 23.4 Å². The van der Waals surface area contributed by atoms with E-state index in [2.05, 4.69) is 5.10 Å². The van der Waals surface area contributed by atoms with E-state index in [-0.39, 0.29) is 18.1 Å². The molecule has 0 fully saturated rings. The molecule has 2 aromatic rings.